The number of aromatic amines is 1. The van der Waals surface area contributed by atoms with Crippen LogP contribution in [-0.4, -0.2) is 94.4 Å². The molecule has 3 aromatic rings. The van der Waals surface area contributed by atoms with Crippen molar-refractivity contribution >= 4 is 28.4 Å². The van der Waals surface area contributed by atoms with E-state index in [2.05, 4.69) is 57.2 Å². The van der Waals surface area contributed by atoms with Crippen molar-refractivity contribution in [3.63, 3.8) is 0 Å². The van der Waals surface area contributed by atoms with E-state index < -0.39 is 0 Å². The van der Waals surface area contributed by atoms with Gasteiger partial charge in [0.05, 0.1) is 36.5 Å². The van der Waals surface area contributed by atoms with E-state index in [1.165, 1.54) is 18.5 Å². The summed E-state index contributed by atoms with van der Waals surface area (Å²) in [5.74, 6) is 2.69. The molecule has 6 heterocycles. The SMILES string of the molecule is CCNc1nn(-c2ccn[nH]2)c2nc(N3CCOCC3C)cc(N3C4CCC3CN(C)C4)c12. The van der Waals surface area contributed by atoms with Gasteiger partial charge in [0.2, 0.25) is 0 Å². The number of rotatable bonds is 5. The summed E-state index contributed by atoms with van der Waals surface area (Å²) in [6.45, 7) is 9.58. The molecule has 33 heavy (non-hydrogen) atoms. The first-order chi connectivity index (χ1) is 16.1. The number of aromatic nitrogens is 5. The number of fused-ring (bicyclic) bond motifs is 3. The Balaban J connectivity index is 1.58. The van der Waals surface area contributed by atoms with Crippen LogP contribution in [0.4, 0.5) is 17.3 Å². The number of nitrogens with one attached hydrogen (secondary N) is 2. The molecule has 3 aliphatic rings. The van der Waals surface area contributed by atoms with Crippen LogP contribution < -0.4 is 15.1 Å². The molecule has 3 aromatic heterocycles. The van der Waals surface area contributed by atoms with Crippen molar-refractivity contribution in [2.24, 2.45) is 0 Å². The van der Waals surface area contributed by atoms with Crippen LogP contribution in [0.15, 0.2) is 18.3 Å². The fraction of sp³-hybridized carbons (Fsp3) is 0.609. The summed E-state index contributed by atoms with van der Waals surface area (Å²) in [7, 11) is 2.24. The number of likely N-dealkylation sites (N-methyl/N-ethyl adjacent to an activating group) is 1. The molecule has 2 bridgehead atoms. The lowest BCUT2D eigenvalue weighted by molar-refractivity contribution is 0.0985. The number of anilines is 3. The zero-order valence-corrected chi connectivity index (χ0v) is 19.7. The molecule has 0 aromatic carbocycles. The van der Waals surface area contributed by atoms with Crippen LogP contribution in [0.1, 0.15) is 26.7 Å². The number of hydrogen-bond acceptors (Lipinski definition) is 8. The molecule has 0 aliphatic carbocycles. The van der Waals surface area contributed by atoms with Crippen molar-refractivity contribution in [1.82, 2.24) is 29.9 Å². The Labute approximate surface area is 193 Å². The summed E-state index contributed by atoms with van der Waals surface area (Å²) in [4.78, 5) is 12.7. The van der Waals surface area contributed by atoms with Crippen molar-refractivity contribution < 1.29 is 4.74 Å². The van der Waals surface area contributed by atoms with Crippen molar-refractivity contribution in [2.75, 3.05) is 61.6 Å². The number of ether oxygens (including phenoxy) is 1. The maximum Gasteiger partial charge on any atom is 0.171 e. The molecule has 10 heteroatoms. The molecule has 3 saturated heterocycles. The molecular weight excluding hydrogens is 418 g/mol. The van der Waals surface area contributed by atoms with E-state index in [-0.39, 0.29) is 6.04 Å². The number of hydrogen-bond donors (Lipinski definition) is 2. The smallest absolute Gasteiger partial charge is 0.171 e. The Morgan fingerprint density at radius 1 is 1.24 bits per heavy atom. The van der Waals surface area contributed by atoms with Gasteiger partial charge in [-0.1, -0.05) is 0 Å². The quantitative estimate of drug-likeness (QED) is 0.610. The number of pyridine rings is 1. The van der Waals surface area contributed by atoms with Crippen LogP contribution >= 0.6 is 0 Å². The zero-order valence-electron chi connectivity index (χ0n) is 19.7. The molecule has 0 radical (unpaired) electrons. The number of piperazine rings is 1. The fourth-order valence-electron chi connectivity index (χ4n) is 5.83. The first kappa shape index (κ1) is 20.7. The molecule has 3 aliphatic heterocycles. The molecule has 6 rings (SSSR count). The Hall–Kier alpha value is -2.85. The molecule has 0 spiro atoms. The van der Waals surface area contributed by atoms with E-state index in [4.69, 9.17) is 14.8 Å². The second-order valence-electron chi connectivity index (χ2n) is 9.56. The van der Waals surface area contributed by atoms with E-state index >= 15 is 0 Å². The molecule has 3 atom stereocenters. The van der Waals surface area contributed by atoms with Gasteiger partial charge in [-0.15, -0.1) is 5.10 Å². The molecule has 10 nitrogen and oxygen atoms in total. The number of H-pyrrole nitrogens is 1. The molecule has 176 valence electrons. The fourth-order valence-corrected chi connectivity index (χ4v) is 5.83. The van der Waals surface area contributed by atoms with Gasteiger partial charge in [0.25, 0.3) is 0 Å². The van der Waals surface area contributed by atoms with Gasteiger partial charge >= 0.3 is 0 Å². The Morgan fingerprint density at radius 3 is 2.76 bits per heavy atom. The van der Waals surface area contributed by atoms with Crippen molar-refractivity contribution in [3.05, 3.63) is 18.3 Å². The van der Waals surface area contributed by atoms with Gasteiger partial charge in [0.1, 0.15) is 5.82 Å². The summed E-state index contributed by atoms with van der Waals surface area (Å²) in [5, 5.41) is 16.8. The second kappa shape index (κ2) is 8.18. The summed E-state index contributed by atoms with van der Waals surface area (Å²) in [5.41, 5.74) is 2.11. The van der Waals surface area contributed by atoms with E-state index in [0.717, 1.165) is 67.9 Å². The molecule has 0 amide bonds. The standard InChI is InChI=1S/C23H33N9O/c1-4-24-22-21-18(31-16-5-6-17(31)13-29(3)12-16)11-20(30-9-10-33-14-15(30)2)26-23(21)32(28-22)19-7-8-25-27-19/h7-8,11,15-17H,4-6,9-10,12-14H2,1-3H3,(H,24,28)(H,25,27). The summed E-state index contributed by atoms with van der Waals surface area (Å²) >= 11 is 0. The van der Waals surface area contributed by atoms with Gasteiger partial charge in [0.15, 0.2) is 17.3 Å². The minimum Gasteiger partial charge on any atom is -0.377 e. The molecule has 3 fully saturated rings. The second-order valence-corrected chi connectivity index (χ2v) is 9.56. The van der Waals surface area contributed by atoms with Gasteiger partial charge in [-0.3, -0.25) is 5.10 Å². The normalized spacial score (nSPS) is 25.8. The number of nitrogens with zero attached hydrogens (tertiary/aromatic N) is 7. The van der Waals surface area contributed by atoms with Crippen molar-refractivity contribution in [3.8, 4) is 5.82 Å². The first-order valence-electron chi connectivity index (χ1n) is 12.1. The predicted octanol–water partition coefficient (Wildman–Crippen LogP) is 2.08. The highest BCUT2D eigenvalue weighted by atomic mass is 16.5. The average Bonchev–Trinajstić information content (AvgIpc) is 3.51. The highest BCUT2D eigenvalue weighted by Gasteiger charge is 2.41. The highest BCUT2D eigenvalue weighted by Crippen LogP contribution is 2.42. The van der Waals surface area contributed by atoms with E-state index in [1.807, 2.05) is 10.7 Å². The molecule has 2 N–H and O–H groups in total. The highest BCUT2D eigenvalue weighted by molar-refractivity contribution is 6.01. The van der Waals surface area contributed by atoms with Gasteiger partial charge in [-0.05, 0) is 33.7 Å². The zero-order chi connectivity index (χ0) is 22.5. The average molecular weight is 452 g/mol. The lowest BCUT2D eigenvalue weighted by Gasteiger charge is -2.42. The largest absolute Gasteiger partial charge is 0.377 e. The minimum absolute atomic E-state index is 0.275. The molecule has 0 saturated carbocycles. The Morgan fingerprint density at radius 2 is 2.06 bits per heavy atom. The van der Waals surface area contributed by atoms with Gasteiger partial charge in [-0.2, -0.15) is 9.78 Å². The van der Waals surface area contributed by atoms with Crippen molar-refractivity contribution in [2.45, 2.75) is 44.8 Å². The molecular formula is C23H33N9O. The summed E-state index contributed by atoms with van der Waals surface area (Å²) in [6, 6.07) is 5.55. The Bertz CT molecular complexity index is 1110. The van der Waals surface area contributed by atoms with Gasteiger partial charge < -0.3 is 24.8 Å². The topological polar surface area (TPSA) is 90.4 Å². The van der Waals surface area contributed by atoms with Crippen molar-refractivity contribution in [1.29, 1.82) is 0 Å². The number of likely N-dealkylation sites (tertiary alicyclic amines) is 1. The lowest BCUT2D eigenvalue weighted by Crippen LogP contribution is -2.52. The third-order valence-corrected chi connectivity index (χ3v) is 7.27. The summed E-state index contributed by atoms with van der Waals surface area (Å²) < 4.78 is 7.62. The maximum atomic E-state index is 5.72. The molecule has 3 unspecified atom stereocenters. The third-order valence-electron chi connectivity index (χ3n) is 7.27. The predicted molar refractivity (Wildman–Crippen MR) is 130 cm³/mol. The first-order valence-corrected chi connectivity index (χ1v) is 12.1. The monoisotopic (exact) mass is 451 g/mol. The van der Waals surface area contributed by atoms with Crippen LogP contribution in [-0.2, 0) is 4.74 Å². The van der Waals surface area contributed by atoms with Gasteiger partial charge in [0, 0.05) is 50.4 Å². The Kier molecular flexibility index (Phi) is 5.14. The van der Waals surface area contributed by atoms with Crippen LogP contribution in [0.5, 0.6) is 0 Å². The third kappa shape index (κ3) is 3.43. The lowest BCUT2D eigenvalue weighted by atomic mass is 10.1. The summed E-state index contributed by atoms with van der Waals surface area (Å²) in [6.07, 6.45) is 4.21. The van der Waals surface area contributed by atoms with E-state index in [1.54, 1.807) is 6.20 Å². The number of morpholine rings is 1. The van der Waals surface area contributed by atoms with Crippen LogP contribution in [0.2, 0.25) is 0 Å². The maximum absolute atomic E-state index is 5.72. The van der Waals surface area contributed by atoms with E-state index in [0.29, 0.717) is 12.1 Å². The van der Waals surface area contributed by atoms with Crippen LogP contribution in [0.3, 0.4) is 0 Å². The van der Waals surface area contributed by atoms with Crippen LogP contribution in [0.25, 0.3) is 16.9 Å². The van der Waals surface area contributed by atoms with E-state index in [9.17, 15) is 0 Å². The van der Waals surface area contributed by atoms with Gasteiger partial charge in [-0.25, -0.2) is 4.98 Å². The minimum atomic E-state index is 0.275. The van der Waals surface area contributed by atoms with Crippen LogP contribution in [0, 0.1) is 0 Å².